The molecule has 20 heavy (non-hydrogen) atoms. The highest BCUT2D eigenvalue weighted by molar-refractivity contribution is 5.61. The van der Waals surface area contributed by atoms with Gasteiger partial charge in [0.25, 0.3) is 0 Å². The molecule has 0 amide bonds. The number of hydrogen-bond donors (Lipinski definition) is 0. The lowest BCUT2D eigenvalue weighted by molar-refractivity contribution is 0.414. The predicted molar refractivity (Wildman–Crippen MR) is 84.1 cm³/mol. The quantitative estimate of drug-likeness (QED) is 0.724. The van der Waals surface area contributed by atoms with E-state index in [1.807, 2.05) is 18.2 Å². The molecule has 0 heterocycles. The maximum atomic E-state index is 5.33. The van der Waals surface area contributed by atoms with E-state index < -0.39 is 0 Å². The lowest BCUT2D eigenvalue weighted by Gasteiger charge is -2.28. The average molecular weight is 262 g/mol. The van der Waals surface area contributed by atoms with Crippen LogP contribution in [-0.2, 0) is 0 Å². The summed E-state index contributed by atoms with van der Waals surface area (Å²) >= 11 is 0. The number of hydrogen-bond acceptors (Lipinski definition) is 1. The van der Waals surface area contributed by atoms with Crippen molar-refractivity contribution < 1.29 is 4.74 Å². The number of rotatable bonds is 3. The molecular weight excluding hydrogens is 244 g/mol. The van der Waals surface area contributed by atoms with Gasteiger partial charge in [0.2, 0.25) is 0 Å². The molecule has 1 nitrogen and oxygen atoms in total. The van der Waals surface area contributed by atoms with E-state index in [0.29, 0.717) is 11.8 Å². The maximum absolute atomic E-state index is 5.33. The summed E-state index contributed by atoms with van der Waals surface area (Å²) in [6.07, 6.45) is 6.52. The average Bonchev–Trinajstić information content (AvgIpc) is 2.53. The van der Waals surface area contributed by atoms with Gasteiger partial charge < -0.3 is 4.74 Å². The predicted octanol–water partition coefficient (Wildman–Crippen LogP) is 4.78. The van der Waals surface area contributed by atoms with Crippen molar-refractivity contribution in [3.8, 4) is 5.75 Å². The van der Waals surface area contributed by atoms with Gasteiger partial charge in [-0.1, -0.05) is 54.6 Å². The monoisotopic (exact) mass is 262 g/mol. The minimum atomic E-state index is 0.309. The van der Waals surface area contributed by atoms with Crippen LogP contribution in [0.1, 0.15) is 28.5 Å². The molecule has 0 aromatic heterocycles. The summed E-state index contributed by atoms with van der Waals surface area (Å²) in [6.45, 7) is 4.04. The van der Waals surface area contributed by atoms with Crippen molar-refractivity contribution in [3.05, 3.63) is 84.0 Å². The zero-order valence-electron chi connectivity index (χ0n) is 11.6. The smallest absolute Gasteiger partial charge is 0.119 e. The highest BCUT2D eigenvalue weighted by Crippen LogP contribution is 2.41. The fourth-order valence-electron chi connectivity index (χ4n) is 2.93. The van der Waals surface area contributed by atoms with Gasteiger partial charge in [-0.3, -0.25) is 0 Å². The van der Waals surface area contributed by atoms with Gasteiger partial charge in [-0.15, -0.1) is 6.58 Å². The minimum absolute atomic E-state index is 0.309. The molecule has 2 aromatic carbocycles. The Labute approximate surface area is 120 Å². The van der Waals surface area contributed by atoms with E-state index in [4.69, 9.17) is 4.74 Å². The highest BCUT2D eigenvalue weighted by atomic mass is 16.5. The SMILES string of the molecule is C=CC1c2ccccc2C=CC1c1cccc(OC)c1. The van der Waals surface area contributed by atoms with Crippen LogP contribution in [0.25, 0.3) is 6.08 Å². The number of fused-ring (bicyclic) bond motifs is 1. The van der Waals surface area contributed by atoms with Crippen molar-refractivity contribution >= 4 is 6.08 Å². The van der Waals surface area contributed by atoms with Crippen molar-refractivity contribution in [1.82, 2.24) is 0 Å². The molecule has 0 saturated heterocycles. The van der Waals surface area contributed by atoms with Gasteiger partial charge >= 0.3 is 0 Å². The van der Waals surface area contributed by atoms with Gasteiger partial charge in [0.15, 0.2) is 0 Å². The molecule has 1 heteroatoms. The fraction of sp³-hybridized carbons (Fsp3) is 0.158. The summed E-state index contributed by atoms with van der Waals surface area (Å²) < 4.78 is 5.33. The largest absolute Gasteiger partial charge is 0.497 e. The third kappa shape index (κ3) is 2.16. The van der Waals surface area contributed by atoms with Gasteiger partial charge in [0, 0.05) is 11.8 Å². The summed E-state index contributed by atoms with van der Waals surface area (Å²) in [5, 5.41) is 0. The van der Waals surface area contributed by atoms with E-state index in [9.17, 15) is 0 Å². The van der Waals surface area contributed by atoms with E-state index in [1.165, 1.54) is 16.7 Å². The summed E-state index contributed by atoms with van der Waals surface area (Å²) in [5.41, 5.74) is 3.90. The van der Waals surface area contributed by atoms with Crippen LogP contribution in [0.15, 0.2) is 67.3 Å². The van der Waals surface area contributed by atoms with Crippen LogP contribution in [0.5, 0.6) is 5.75 Å². The van der Waals surface area contributed by atoms with Crippen LogP contribution in [-0.4, -0.2) is 7.11 Å². The Kier molecular flexibility index (Phi) is 3.42. The van der Waals surface area contributed by atoms with Crippen LogP contribution in [0.4, 0.5) is 0 Å². The van der Waals surface area contributed by atoms with Gasteiger partial charge in [-0.25, -0.2) is 0 Å². The fourth-order valence-corrected chi connectivity index (χ4v) is 2.93. The Morgan fingerprint density at radius 1 is 1.10 bits per heavy atom. The number of allylic oxidation sites excluding steroid dienone is 2. The van der Waals surface area contributed by atoms with Gasteiger partial charge in [0.1, 0.15) is 5.75 Å². The molecule has 3 rings (SSSR count). The molecule has 1 aliphatic carbocycles. The Morgan fingerprint density at radius 2 is 1.95 bits per heavy atom. The molecule has 0 fully saturated rings. The summed E-state index contributed by atoms with van der Waals surface area (Å²) in [7, 11) is 1.70. The number of ether oxygens (including phenoxy) is 1. The van der Waals surface area contributed by atoms with E-state index in [0.717, 1.165) is 5.75 Å². The van der Waals surface area contributed by atoms with Crippen LogP contribution in [0.2, 0.25) is 0 Å². The van der Waals surface area contributed by atoms with Gasteiger partial charge in [0.05, 0.1) is 7.11 Å². The molecule has 1 aliphatic rings. The van der Waals surface area contributed by atoms with E-state index >= 15 is 0 Å². The first-order valence-corrected chi connectivity index (χ1v) is 6.87. The first-order chi connectivity index (χ1) is 9.83. The van der Waals surface area contributed by atoms with E-state index in [-0.39, 0.29) is 0 Å². The van der Waals surface area contributed by atoms with Crippen molar-refractivity contribution in [2.45, 2.75) is 11.8 Å². The molecule has 100 valence electrons. The molecule has 0 saturated carbocycles. The first kappa shape index (κ1) is 12.7. The number of methoxy groups -OCH3 is 1. The van der Waals surface area contributed by atoms with Gasteiger partial charge in [-0.2, -0.15) is 0 Å². The normalized spacial score (nSPS) is 20.2. The molecule has 0 N–H and O–H groups in total. The zero-order valence-corrected chi connectivity index (χ0v) is 11.6. The van der Waals surface area contributed by atoms with E-state index in [1.54, 1.807) is 7.11 Å². The second kappa shape index (κ2) is 5.38. The van der Waals surface area contributed by atoms with Crippen molar-refractivity contribution in [1.29, 1.82) is 0 Å². The lowest BCUT2D eigenvalue weighted by Crippen LogP contribution is -2.12. The van der Waals surface area contributed by atoms with Crippen LogP contribution in [0.3, 0.4) is 0 Å². The van der Waals surface area contributed by atoms with E-state index in [2.05, 4.69) is 55.1 Å². The summed E-state index contributed by atoms with van der Waals surface area (Å²) in [4.78, 5) is 0. The third-order valence-electron chi connectivity index (χ3n) is 3.96. The molecule has 2 unspecified atom stereocenters. The molecule has 2 atom stereocenters. The molecule has 0 aliphatic heterocycles. The highest BCUT2D eigenvalue weighted by Gasteiger charge is 2.25. The summed E-state index contributed by atoms with van der Waals surface area (Å²) in [6, 6.07) is 16.8. The van der Waals surface area contributed by atoms with Crippen molar-refractivity contribution in [2.24, 2.45) is 0 Å². The number of benzene rings is 2. The Bertz CT molecular complexity index is 654. The first-order valence-electron chi connectivity index (χ1n) is 6.87. The topological polar surface area (TPSA) is 9.23 Å². The molecule has 0 spiro atoms. The van der Waals surface area contributed by atoms with Crippen LogP contribution in [0, 0.1) is 0 Å². The third-order valence-corrected chi connectivity index (χ3v) is 3.96. The maximum Gasteiger partial charge on any atom is 0.119 e. The minimum Gasteiger partial charge on any atom is -0.497 e. The Morgan fingerprint density at radius 3 is 2.75 bits per heavy atom. The molecule has 0 bridgehead atoms. The van der Waals surface area contributed by atoms with Crippen molar-refractivity contribution in [3.63, 3.8) is 0 Å². The van der Waals surface area contributed by atoms with Crippen molar-refractivity contribution in [2.75, 3.05) is 7.11 Å². The van der Waals surface area contributed by atoms with Crippen LogP contribution >= 0.6 is 0 Å². The van der Waals surface area contributed by atoms with Crippen LogP contribution < -0.4 is 4.74 Å². The molecule has 2 aromatic rings. The molecule has 0 radical (unpaired) electrons. The van der Waals surface area contributed by atoms with Gasteiger partial charge in [-0.05, 0) is 28.8 Å². The Hall–Kier alpha value is -2.28. The lowest BCUT2D eigenvalue weighted by atomic mass is 9.76. The zero-order chi connectivity index (χ0) is 13.9. The summed E-state index contributed by atoms with van der Waals surface area (Å²) in [5.74, 6) is 1.53. The molecular formula is C19H18O. The Balaban J connectivity index is 2.05. The standard InChI is InChI=1S/C19H18O/c1-3-17-18-10-5-4-7-14(18)11-12-19(17)15-8-6-9-16(13-15)20-2/h3-13,17,19H,1H2,2H3. The second-order valence-electron chi connectivity index (χ2n) is 5.05. The second-order valence-corrected chi connectivity index (χ2v) is 5.05.